The van der Waals surface area contributed by atoms with Gasteiger partial charge in [-0.3, -0.25) is 4.79 Å². The van der Waals surface area contributed by atoms with Gasteiger partial charge in [-0.05, 0) is 36.4 Å². The van der Waals surface area contributed by atoms with Crippen LogP contribution in [0.25, 0.3) is 0 Å². The van der Waals surface area contributed by atoms with E-state index in [-0.39, 0.29) is 18.7 Å². The van der Waals surface area contributed by atoms with E-state index in [1.54, 1.807) is 30.7 Å². The van der Waals surface area contributed by atoms with Crippen molar-refractivity contribution in [2.24, 2.45) is 0 Å². The number of hydrogen-bond donors (Lipinski definition) is 0. The van der Waals surface area contributed by atoms with Gasteiger partial charge in [0.15, 0.2) is 11.5 Å². The van der Waals surface area contributed by atoms with Gasteiger partial charge in [-0.15, -0.1) is 0 Å². The quantitative estimate of drug-likeness (QED) is 0.722. The summed E-state index contributed by atoms with van der Waals surface area (Å²) in [7, 11) is 0. The van der Waals surface area contributed by atoms with Crippen LogP contribution in [0.1, 0.15) is 27.7 Å². The number of nitrogens with zero attached hydrogens (tertiary/aromatic N) is 2. The summed E-state index contributed by atoms with van der Waals surface area (Å²) in [4.78, 5) is 15.1. The molecule has 2 aliphatic rings. The summed E-state index contributed by atoms with van der Waals surface area (Å²) in [6, 6.07) is 11.1. The van der Waals surface area contributed by atoms with E-state index in [0.717, 1.165) is 17.8 Å². The molecule has 25 heavy (non-hydrogen) atoms. The van der Waals surface area contributed by atoms with Crippen LogP contribution in [-0.4, -0.2) is 28.7 Å². The molecule has 6 heteroatoms. The van der Waals surface area contributed by atoms with E-state index in [4.69, 9.17) is 13.9 Å². The van der Waals surface area contributed by atoms with Crippen molar-refractivity contribution in [3.8, 4) is 11.5 Å². The minimum atomic E-state index is -0.166. The molecule has 3 aromatic rings. The Bertz CT molecular complexity index is 929. The summed E-state index contributed by atoms with van der Waals surface area (Å²) in [6.45, 7) is 1.60. The largest absolute Gasteiger partial charge is 0.472 e. The predicted octanol–water partition coefficient (Wildman–Crippen LogP) is 3.06. The van der Waals surface area contributed by atoms with Gasteiger partial charge >= 0.3 is 0 Å². The van der Waals surface area contributed by atoms with Crippen molar-refractivity contribution in [2.75, 3.05) is 13.3 Å². The van der Waals surface area contributed by atoms with Crippen LogP contribution in [-0.2, 0) is 6.54 Å². The second kappa shape index (κ2) is 5.44. The molecule has 0 bridgehead atoms. The molecule has 1 amide bonds. The summed E-state index contributed by atoms with van der Waals surface area (Å²) in [6.07, 6.45) is 5.39. The number of carbonyl (C=O) groups excluding carboxylic acids is 1. The summed E-state index contributed by atoms with van der Waals surface area (Å²) >= 11 is 0. The molecule has 0 spiro atoms. The average molecular weight is 336 g/mol. The van der Waals surface area contributed by atoms with Gasteiger partial charge in [0, 0.05) is 36.1 Å². The van der Waals surface area contributed by atoms with Crippen LogP contribution < -0.4 is 9.47 Å². The number of aromatic nitrogens is 1. The van der Waals surface area contributed by atoms with Gasteiger partial charge in [-0.1, -0.05) is 0 Å². The highest BCUT2D eigenvalue weighted by Crippen LogP contribution is 2.36. The SMILES string of the molecule is O=C(c1ccc2c(c1)OCO2)N1CCn2cccc2[C@H]1c1ccoc1. The molecule has 0 saturated heterocycles. The van der Waals surface area contributed by atoms with Crippen molar-refractivity contribution in [1.82, 2.24) is 9.47 Å². The third-order valence-corrected chi connectivity index (χ3v) is 4.78. The lowest BCUT2D eigenvalue weighted by molar-refractivity contribution is 0.0663. The summed E-state index contributed by atoms with van der Waals surface area (Å²) in [5.41, 5.74) is 2.65. The Morgan fingerprint density at radius 1 is 1.08 bits per heavy atom. The summed E-state index contributed by atoms with van der Waals surface area (Å²) < 4.78 is 18.2. The molecule has 2 aliphatic heterocycles. The molecule has 126 valence electrons. The third-order valence-electron chi connectivity index (χ3n) is 4.78. The summed E-state index contributed by atoms with van der Waals surface area (Å²) in [5, 5.41) is 0. The molecule has 2 aromatic heterocycles. The van der Waals surface area contributed by atoms with Gasteiger partial charge in [0.25, 0.3) is 5.91 Å². The predicted molar refractivity (Wildman–Crippen MR) is 88.6 cm³/mol. The van der Waals surface area contributed by atoms with Crippen molar-refractivity contribution >= 4 is 5.91 Å². The maximum absolute atomic E-state index is 13.2. The zero-order valence-electron chi connectivity index (χ0n) is 13.4. The first kappa shape index (κ1) is 14.2. The lowest BCUT2D eigenvalue weighted by Crippen LogP contribution is -2.42. The highest BCUT2D eigenvalue weighted by atomic mass is 16.7. The first-order valence-electron chi connectivity index (χ1n) is 8.19. The molecular formula is C19H16N2O4. The van der Waals surface area contributed by atoms with Gasteiger partial charge in [-0.2, -0.15) is 0 Å². The first-order valence-corrected chi connectivity index (χ1v) is 8.19. The van der Waals surface area contributed by atoms with E-state index in [0.29, 0.717) is 23.6 Å². The van der Waals surface area contributed by atoms with Gasteiger partial charge in [0.05, 0.1) is 12.5 Å². The molecule has 0 unspecified atom stereocenters. The van der Waals surface area contributed by atoms with Crippen LogP contribution in [0.4, 0.5) is 0 Å². The van der Waals surface area contributed by atoms with Crippen LogP contribution in [0.5, 0.6) is 11.5 Å². The number of ether oxygens (including phenoxy) is 2. The maximum Gasteiger partial charge on any atom is 0.254 e. The standard InChI is InChI=1S/C19H16N2O4/c22-19(13-3-4-16-17(10-13)25-12-24-16)21-8-7-20-6-1-2-15(20)18(21)14-5-9-23-11-14/h1-6,9-11,18H,7-8,12H2/t18-/m1/s1. The number of furan rings is 1. The Hall–Kier alpha value is -3.15. The molecule has 5 rings (SSSR count). The Morgan fingerprint density at radius 2 is 2.00 bits per heavy atom. The number of carbonyl (C=O) groups is 1. The second-order valence-electron chi connectivity index (χ2n) is 6.15. The van der Waals surface area contributed by atoms with E-state index in [9.17, 15) is 4.79 Å². The number of amides is 1. The van der Waals surface area contributed by atoms with E-state index >= 15 is 0 Å². The van der Waals surface area contributed by atoms with Crippen molar-refractivity contribution in [3.63, 3.8) is 0 Å². The molecule has 1 aromatic carbocycles. The molecular weight excluding hydrogens is 320 g/mol. The zero-order chi connectivity index (χ0) is 16.8. The van der Waals surface area contributed by atoms with E-state index in [1.165, 1.54) is 0 Å². The smallest absolute Gasteiger partial charge is 0.254 e. The summed E-state index contributed by atoms with van der Waals surface area (Å²) in [5.74, 6) is 1.26. The van der Waals surface area contributed by atoms with Crippen molar-refractivity contribution in [2.45, 2.75) is 12.6 Å². The Labute approximate surface area is 144 Å². The van der Waals surface area contributed by atoms with Gasteiger partial charge < -0.3 is 23.4 Å². The Kier molecular flexibility index (Phi) is 3.09. The molecule has 0 N–H and O–H groups in total. The van der Waals surface area contributed by atoms with Gasteiger partial charge in [-0.25, -0.2) is 0 Å². The second-order valence-corrected chi connectivity index (χ2v) is 6.15. The van der Waals surface area contributed by atoms with Gasteiger partial charge in [0.2, 0.25) is 6.79 Å². The number of hydrogen-bond acceptors (Lipinski definition) is 4. The molecule has 1 atom stereocenters. The van der Waals surface area contributed by atoms with Crippen molar-refractivity contribution < 1.29 is 18.7 Å². The topological polar surface area (TPSA) is 56.8 Å². The fraction of sp³-hybridized carbons (Fsp3) is 0.211. The number of rotatable bonds is 2. The van der Waals surface area contributed by atoms with Crippen molar-refractivity contribution in [1.29, 1.82) is 0 Å². The highest BCUT2D eigenvalue weighted by Gasteiger charge is 2.33. The molecule has 0 radical (unpaired) electrons. The molecule has 0 fully saturated rings. The fourth-order valence-electron chi connectivity index (χ4n) is 3.58. The lowest BCUT2D eigenvalue weighted by Gasteiger charge is -2.36. The Balaban J connectivity index is 1.55. The normalized spacial score (nSPS) is 18.2. The minimum Gasteiger partial charge on any atom is -0.472 e. The van der Waals surface area contributed by atoms with Crippen LogP contribution in [0.2, 0.25) is 0 Å². The van der Waals surface area contributed by atoms with Crippen LogP contribution in [0, 0.1) is 0 Å². The van der Waals surface area contributed by atoms with E-state index in [1.807, 2.05) is 23.2 Å². The average Bonchev–Trinajstić information content (AvgIpc) is 3.40. The first-order chi connectivity index (χ1) is 12.3. The van der Waals surface area contributed by atoms with Gasteiger partial charge in [0.1, 0.15) is 6.04 Å². The molecule has 0 aliphatic carbocycles. The Morgan fingerprint density at radius 3 is 2.88 bits per heavy atom. The molecule has 0 saturated carbocycles. The van der Waals surface area contributed by atoms with E-state index in [2.05, 4.69) is 10.6 Å². The minimum absolute atomic E-state index is 0.0306. The number of fused-ring (bicyclic) bond motifs is 2. The fourth-order valence-corrected chi connectivity index (χ4v) is 3.58. The van der Waals surface area contributed by atoms with E-state index < -0.39 is 0 Å². The van der Waals surface area contributed by atoms with Crippen LogP contribution in [0.15, 0.2) is 59.5 Å². The highest BCUT2D eigenvalue weighted by molar-refractivity contribution is 5.95. The number of benzene rings is 1. The molecule has 4 heterocycles. The zero-order valence-corrected chi connectivity index (χ0v) is 13.4. The monoisotopic (exact) mass is 336 g/mol. The maximum atomic E-state index is 13.2. The van der Waals surface area contributed by atoms with Crippen LogP contribution in [0.3, 0.4) is 0 Å². The van der Waals surface area contributed by atoms with Crippen LogP contribution >= 0.6 is 0 Å². The third kappa shape index (κ3) is 2.21. The lowest BCUT2D eigenvalue weighted by atomic mass is 10.0. The molecule has 6 nitrogen and oxygen atoms in total. The van der Waals surface area contributed by atoms with Crippen molar-refractivity contribution in [3.05, 3.63) is 71.9 Å².